The molecule has 1 nitrogen and oxygen atoms in total. The zero-order chi connectivity index (χ0) is 7.14. The van der Waals surface area contributed by atoms with Gasteiger partial charge < -0.3 is 5.32 Å². The van der Waals surface area contributed by atoms with Crippen LogP contribution in [0.5, 0.6) is 0 Å². The Labute approximate surface area is 61.0 Å². The van der Waals surface area contributed by atoms with Crippen LogP contribution in [0.15, 0.2) is 0 Å². The van der Waals surface area contributed by atoms with E-state index >= 15 is 0 Å². The van der Waals surface area contributed by atoms with Crippen LogP contribution in [-0.2, 0) is 0 Å². The second kappa shape index (κ2) is 2.19. The quantitative estimate of drug-likeness (QED) is 0.539. The summed E-state index contributed by atoms with van der Waals surface area (Å²) in [4.78, 5) is 0. The Morgan fingerprint density at radius 3 is 2.90 bits per heavy atom. The molecule has 4 atom stereocenters. The average Bonchev–Trinajstić information content (AvgIpc) is 2.41. The van der Waals surface area contributed by atoms with E-state index in [4.69, 9.17) is 0 Å². The lowest BCUT2D eigenvalue weighted by Gasteiger charge is -2.12. The van der Waals surface area contributed by atoms with E-state index < -0.39 is 6.17 Å². The molecule has 0 aromatic carbocycles. The van der Waals surface area contributed by atoms with Gasteiger partial charge in [-0.1, -0.05) is 6.92 Å². The van der Waals surface area contributed by atoms with Crippen molar-refractivity contribution < 1.29 is 4.39 Å². The first-order valence-electron chi connectivity index (χ1n) is 4.16. The fourth-order valence-electron chi connectivity index (χ4n) is 2.37. The molecule has 2 heteroatoms. The highest BCUT2D eigenvalue weighted by Gasteiger charge is 2.42. The van der Waals surface area contributed by atoms with Gasteiger partial charge in [0.25, 0.3) is 0 Å². The van der Waals surface area contributed by atoms with Crippen LogP contribution >= 0.6 is 0 Å². The van der Waals surface area contributed by atoms with Crippen molar-refractivity contribution in [1.82, 2.24) is 5.32 Å². The van der Waals surface area contributed by atoms with Gasteiger partial charge in [0.15, 0.2) is 0 Å². The molecule has 0 aromatic rings. The summed E-state index contributed by atoms with van der Waals surface area (Å²) in [6.45, 7) is 3.24. The van der Waals surface area contributed by atoms with E-state index in [0.29, 0.717) is 11.8 Å². The predicted octanol–water partition coefficient (Wildman–Crippen LogP) is 1.34. The molecule has 2 rings (SSSR count). The maximum atomic E-state index is 13.0. The van der Waals surface area contributed by atoms with Crippen molar-refractivity contribution >= 4 is 0 Å². The molecule has 1 saturated carbocycles. The van der Waals surface area contributed by atoms with Gasteiger partial charge in [0, 0.05) is 6.04 Å². The van der Waals surface area contributed by atoms with E-state index in [0.717, 1.165) is 19.4 Å². The molecule has 1 saturated heterocycles. The minimum Gasteiger partial charge on any atom is -0.311 e. The zero-order valence-corrected chi connectivity index (χ0v) is 6.31. The molecular formula is C8H14FN. The van der Waals surface area contributed by atoms with Crippen molar-refractivity contribution in [2.75, 3.05) is 6.54 Å². The summed E-state index contributed by atoms with van der Waals surface area (Å²) in [5.41, 5.74) is 0. The van der Waals surface area contributed by atoms with Gasteiger partial charge >= 0.3 is 0 Å². The molecule has 2 fully saturated rings. The standard InChI is InChI=1S/C8H14FN/c1-5-4-10-8-6(5)2-3-7(8)9/h5-8,10H,2-4H2,1H3. The maximum absolute atomic E-state index is 13.0. The second-order valence-corrected chi connectivity index (χ2v) is 3.67. The summed E-state index contributed by atoms with van der Waals surface area (Å²) in [5, 5.41) is 3.24. The molecule has 0 spiro atoms. The Balaban J connectivity index is 2.09. The van der Waals surface area contributed by atoms with Gasteiger partial charge in [-0.2, -0.15) is 0 Å². The second-order valence-electron chi connectivity index (χ2n) is 3.67. The number of rotatable bonds is 0. The normalized spacial score (nSPS) is 53.4. The van der Waals surface area contributed by atoms with Crippen LogP contribution in [0.2, 0.25) is 0 Å². The van der Waals surface area contributed by atoms with Crippen LogP contribution < -0.4 is 5.32 Å². The smallest absolute Gasteiger partial charge is 0.116 e. The third-order valence-corrected chi connectivity index (χ3v) is 3.03. The molecule has 0 radical (unpaired) electrons. The molecular weight excluding hydrogens is 129 g/mol. The van der Waals surface area contributed by atoms with Gasteiger partial charge in [-0.3, -0.25) is 0 Å². The average molecular weight is 143 g/mol. The van der Waals surface area contributed by atoms with Crippen molar-refractivity contribution in [3.63, 3.8) is 0 Å². The van der Waals surface area contributed by atoms with Crippen molar-refractivity contribution in [1.29, 1.82) is 0 Å². The molecule has 1 N–H and O–H groups in total. The Bertz CT molecular complexity index is 121. The Morgan fingerprint density at radius 2 is 2.20 bits per heavy atom. The minimum absolute atomic E-state index is 0.204. The van der Waals surface area contributed by atoms with Crippen LogP contribution in [0, 0.1) is 11.8 Å². The number of nitrogens with one attached hydrogen (secondary N) is 1. The fourth-order valence-corrected chi connectivity index (χ4v) is 2.37. The number of alkyl halides is 1. The SMILES string of the molecule is CC1CNC2C(F)CCC12. The summed E-state index contributed by atoms with van der Waals surface area (Å²) < 4.78 is 13.0. The summed E-state index contributed by atoms with van der Waals surface area (Å²) in [7, 11) is 0. The maximum Gasteiger partial charge on any atom is 0.116 e. The molecule has 2 aliphatic rings. The molecule has 10 heavy (non-hydrogen) atoms. The topological polar surface area (TPSA) is 12.0 Å². The lowest BCUT2D eigenvalue weighted by Crippen LogP contribution is -2.30. The van der Waals surface area contributed by atoms with Crippen molar-refractivity contribution in [2.45, 2.75) is 32.0 Å². The lowest BCUT2D eigenvalue weighted by molar-refractivity contribution is 0.281. The number of hydrogen-bond acceptors (Lipinski definition) is 1. The summed E-state index contributed by atoms with van der Waals surface area (Å²) >= 11 is 0. The Morgan fingerprint density at radius 1 is 1.40 bits per heavy atom. The van der Waals surface area contributed by atoms with Crippen LogP contribution in [0.4, 0.5) is 4.39 Å². The Hall–Kier alpha value is -0.110. The molecule has 4 unspecified atom stereocenters. The summed E-state index contributed by atoms with van der Waals surface area (Å²) in [5.74, 6) is 1.33. The molecule has 1 heterocycles. The molecule has 0 amide bonds. The van der Waals surface area contributed by atoms with E-state index in [1.54, 1.807) is 0 Å². The molecule has 0 aromatic heterocycles. The number of hydrogen-bond donors (Lipinski definition) is 1. The Kier molecular flexibility index (Phi) is 1.44. The van der Waals surface area contributed by atoms with Crippen LogP contribution in [0.25, 0.3) is 0 Å². The van der Waals surface area contributed by atoms with Crippen LogP contribution in [0.3, 0.4) is 0 Å². The van der Waals surface area contributed by atoms with Crippen LogP contribution in [0.1, 0.15) is 19.8 Å². The first-order valence-corrected chi connectivity index (χ1v) is 4.16. The van der Waals surface area contributed by atoms with E-state index in [1.165, 1.54) is 0 Å². The van der Waals surface area contributed by atoms with Crippen molar-refractivity contribution in [2.24, 2.45) is 11.8 Å². The number of fused-ring (bicyclic) bond motifs is 1. The monoisotopic (exact) mass is 143 g/mol. The van der Waals surface area contributed by atoms with Gasteiger partial charge in [0.1, 0.15) is 6.17 Å². The van der Waals surface area contributed by atoms with E-state index in [9.17, 15) is 4.39 Å². The van der Waals surface area contributed by atoms with Gasteiger partial charge in [-0.25, -0.2) is 4.39 Å². The van der Waals surface area contributed by atoms with E-state index in [2.05, 4.69) is 12.2 Å². The first kappa shape index (κ1) is 6.59. The van der Waals surface area contributed by atoms with Crippen molar-refractivity contribution in [3.8, 4) is 0 Å². The first-order chi connectivity index (χ1) is 4.79. The molecule has 1 aliphatic carbocycles. The largest absolute Gasteiger partial charge is 0.311 e. The number of halogens is 1. The summed E-state index contributed by atoms with van der Waals surface area (Å²) in [6, 6.07) is 0.204. The zero-order valence-electron chi connectivity index (χ0n) is 6.31. The fraction of sp³-hybridized carbons (Fsp3) is 1.00. The highest BCUT2D eigenvalue weighted by atomic mass is 19.1. The minimum atomic E-state index is -0.560. The van der Waals surface area contributed by atoms with Crippen molar-refractivity contribution in [3.05, 3.63) is 0 Å². The lowest BCUT2D eigenvalue weighted by atomic mass is 9.94. The van der Waals surface area contributed by atoms with Gasteiger partial charge in [0.05, 0.1) is 0 Å². The van der Waals surface area contributed by atoms with Crippen LogP contribution in [-0.4, -0.2) is 18.8 Å². The predicted molar refractivity (Wildman–Crippen MR) is 38.6 cm³/mol. The van der Waals surface area contributed by atoms with Gasteiger partial charge in [-0.15, -0.1) is 0 Å². The highest BCUT2D eigenvalue weighted by molar-refractivity contribution is 4.98. The van der Waals surface area contributed by atoms with E-state index in [1.807, 2.05) is 0 Å². The highest BCUT2D eigenvalue weighted by Crippen LogP contribution is 2.37. The molecule has 58 valence electrons. The van der Waals surface area contributed by atoms with Gasteiger partial charge in [-0.05, 0) is 31.2 Å². The third kappa shape index (κ3) is 0.782. The molecule has 1 aliphatic heterocycles. The summed E-state index contributed by atoms with van der Waals surface area (Å²) in [6.07, 6.45) is 1.32. The van der Waals surface area contributed by atoms with Gasteiger partial charge in [0.2, 0.25) is 0 Å². The third-order valence-electron chi connectivity index (χ3n) is 3.03. The molecule has 0 bridgehead atoms. The van der Waals surface area contributed by atoms with E-state index in [-0.39, 0.29) is 6.04 Å².